The van der Waals surface area contributed by atoms with Crippen LogP contribution < -0.4 is 16.0 Å². The van der Waals surface area contributed by atoms with Gasteiger partial charge in [0.1, 0.15) is 6.54 Å². The molecule has 1 aromatic heterocycles. The highest BCUT2D eigenvalue weighted by Gasteiger charge is 2.12. The monoisotopic (exact) mass is 453 g/mol. The number of carbonyl (C=O) groups is 4. The number of hydrogen-bond donors (Lipinski definition) is 3. The van der Waals surface area contributed by atoms with Crippen LogP contribution in [0.4, 0.5) is 5.69 Å². The van der Waals surface area contributed by atoms with Crippen LogP contribution in [0.15, 0.2) is 40.2 Å². The smallest absolute Gasteiger partial charge is 0.325 e. The average molecular weight is 454 g/mol. The molecule has 1 heterocycles. The number of anilines is 1. The number of esters is 1. The Hall–Kier alpha value is -2.72. The molecule has 0 saturated carbocycles. The quantitative estimate of drug-likeness (QED) is 0.552. The van der Waals surface area contributed by atoms with Gasteiger partial charge in [0.05, 0.1) is 22.3 Å². The van der Waals surface area contributed by atoms with Crippen molar-refractivity contribution in [2.45, 2.75) is 0 Å². The average Bonchev–Trinajstić information content (AvgIpc) is 3.10. The molecule has 27 heavy (non-hydrogen) atoms. The summed E-state index contributed by atoms with van der Waals surface area (Å²) >= 11 is 4.53. The summed E-state index contributed by atoms with van der Waals surface area (Å²) in [4.78, 5) is 47.4. The van der Waals surface area contributed by atoms with Crippen molar-refractivity contribution in [3.63, 3.8) is 0 Å². The zero-order chi connectivity index (χ0) is 19.8. The first kappa shape index (κ1) is 20.6. The normalized spacial score (nSPS) is 10.0. The molecule has 3 N–H and O–H groups in total. The van der Waals surface area contributed by atoms with Crippen LogP contribution in [0.3, 0.4) is 0 Å². The van der Waals surface area contributed by atoms with Gasteiger partial charge in [-0.15, -0.1) is 11.3 Å². The fraction of sp³-hybridized carbons (Fsp3) is 0.176. The maximum atomic E-state index is 12.0. The van der Waals surface area contributed by atoms with E-state index in [2.05, 4.69) is 36.6 Å². The Bertz CT molecular complexity index is 868. The number of rotatable bonds is 7. The van der Waals surface area contributed by atoms with Crippen molar-refractivity contribution in [1.82, 2.24) is 10.6 Å². The van der Waals surface area contributed by atoms with Crippen molar-refractivity contribution in [2.24, 2.45) is 0 Å². The minimum atomic E-state index is -0.568. The predicted molar refractivity (Wildman–Crippen MR) is 104 cm³/mol. The van der Waals surface area contributed by atoms with E-state index in [1.54, 1.807) is 30.3 Å². The Morgan fingerprint density at radius 3 is 2.44 bits per heavy atom. The van der Waals surface area contributed by atoms with E-state index in [1.807, 2.05) is 0 Å². The van der Waals surface area contributed by atoms with Gasteiger partial charge >= 0.3 is 5.97 Å². The van der Waals surface area contributed by atoms with Gasteiger partial charge in [-0.25, -0.2) is 0 Å². The molecular formula is C17H16BrN3O5S. The van der Waals surface area contributed by atoms with E-state index in [1.165, 1.54) is 24.5 Å². The molecule has 0 spiro atoms. The highest BCUT2D eigenvalue weighted by atomic mass is 79.9. The number of benzene rings is 1. The lowest BCUT2D eigenvalue weighted by Gasteiger charge is -2.08. The summed E-state index contributed by atoms with van der Waals surface area (Å²) in [5.41, 5.74) is 0.656. The summed E-state index contributed by atoms with van der Waals surface area (Å²) in [6, 6.07) is 9.59. The largest absolute Gasteiger partial charge is 0.468 e. The van der Waals surface area contributed by atoms with Gasteiger partial charge in [0, 0.05) is 11.3 Å². The standard InChI is InChI=1S/C17H16BrN3O5S/c1-26-15(23)9-20-16(24)10-3-2-4-11(7-10)21-14(22)8-19-17(25)12-5-6-13(18)27-12/h2-7H,8-9H2,1H3,(H,19,25)(H,20,24)(H,21,22). The number of carbonyl (C=O) groups excluding carboxylic acids is 4. The second-order valence-corrected chi connectivity index (χ2v) is 7.64. The van der Waals surface area contributed by atoms with Gasteiger partial charge in [0.15, 0.2) is 0 Å². The third-order valence-corrected chi connectivity index (χ3v) is 4.86. The van der Waals surface area contributed by atoms with E-state index in [4.69, 9.17) is 0 Å². The van der Waals surface area contributed by atoms with E-state index in [9.17, 15) is 19.2 Å². The van der Waals surface area contributed by atoms with E-state index in [0.29, 0.717) is 10.6 Å². The van der Waals surface area contributed by atoms with Gasteiger partial charge in [0.25, 0.3) is 11.8 Å². The Kier molecular flexibility index (Phi) is 7.50. The van der Waals surface area contributed by atoms with Crippen LogP contribution in [0.1, 0.15) is 20.0 Å². The van der Waals surface area contributed by atoms with Crippen LogP contribution in [-0.4, -0.2) is 43.9 Å². The minimum absolute atomic E-state index is 0.215. The van der Waals surface area contributed by atoms with E-state index in [0.717, 1.165) is 3.79 Å². The van der Waals surface area contributed by atoms with Gasteiger partial charge in [-0.3, -0.25) is 19.2 Å². The van der Waals surface area contributed by atoms with Crippen LogP contribution >= 0.6 is 27.3 Å². The summed E-state index contributed by atoms with van der Waals surface area (Å²) in [7, 11) is 1.22. The molecule has 0 atom stereocenters. The summed E-state index contributed by atoms with van der Waals surface area (Å²) in [5, 5.41) is 7.52. The molecule has 8 nitrogen and oxygen atoms in total. The molecule has 0 aliphatic rings. The molecule has 142 valence electrons. The second-order valence-electron chi connectivity index (χ2n) is 5.17. The Balaban J connectivity index is 1.87. The summed E-state index contributed by atoms with van der Waals surface area (Å²) in [6.07, 6.45) is 0. The Labute approximate surface area is 167 Å². The molecule has 0 aliphatic carbocycles. The molecule has 0 radical (unpaired) electrons. The molecule has 2 aromatic rings. The highest BCUT2D eigenvalue weighted by Crippen LogP contribution is 2.21. The molecule has 3 amide bonds. The van der Waals surface area contributed by atoms with Crippen LogP contribution in [0.2, 0.25) is 0 Å². The zero-order valence-corrected chi connectivity index (χ0v) is 16.6. The third-order valence-electron chi connectivity index (χ3n) is 3.24. The lowest BCUT2D eigenvalue weighted by atomic mass is 10.2. The van der Waals surface area contributed by atoms with Gasteiger partial charge in [0.2, 0.25) is 5.91 Å². The Morgan fingerprint density at radius 1 is 1.04 bits per heavy atom. The first-order chi connectivity index (χ1) is 12.9. The molecule has 0 fully saturated rings. The molecule has 0 unspecified atom stereocenters. The first-order valence-electron chi connectivity index (χ1n) is 7.67. The van der Waals surface area contributed by atoms with Crippen LogP contribution in [0.5, 0.6) is 0 Å². The fourth-order valence-electron chi connectivity index (χ4n) is 1.95. The maximum absolute atomic E-state index is 12.0. The topological polar surface area (TPSA) is 114 Å². The van der Waals surface area contributed by atoms with Crippen LogP contribution in [0.25, 0.3) is 0 Å². The first-order valence-corrected chi connectivity index (χ1v) is 9.28. The number of amides is 3. The molecule has 0 bridgehead atoms. The number of methoxy groups -OCH3 is 1. The van der Waals surface area contributed by atoms with E-state index in [-0.39, 0.29) is 24.6 Å². The van der Waals surface area contributed by atoms with Crippen molar-refractivity contribution in [2.75, 3.05) is 25.5 Å². The van der Waals surface area contributed by atoms with Crippen LogP contribution in [-0.2, 0) is 14.3 Å². The van der Waals surface area contributed by atoms with Gasteiger partial charge in [-0.2, -0.15) is 0 Å². The predicted octanol–water partition coefficient (Wildman–Crippen LogP) is 1.78. The molecule has 2 rings (SSSR count). The van der Waals surface area contributed by atoms with Gasteiger partial charge in [-0.05, 0) is 46.3 Å². The van der Waals surface area contributed by atoms with Gasteiger partial charge < -0.3 is 20.7 Å². The zero-order valence-electron chi connectivity index (χ0n) is 14.2. The fourth-order valence-corrected chi connectivity index (χ4v) is 3.26. The van der Waals surface area contributed by atoms with Gasteiger partial charge in [-0.1, -0.05) is 6.07 Å². The number of ether oxygens (including phenoxy) is 1. The number of hydrogen-bond acceptors (Lipinski definition) is 6. The van der Waals surface area contributed by atoms with Crippen molar-refractivity contribution in [3.05, 3.63) is 50.6 Å². The molecule has 1 aromatic carbocycles. The summed E-state index contributed by atoms with van der Waals surface area (Å²) in [6.45, 7) is -0.468. The van der Waals surface area contributed by atoms with E-state index >= 15 is 0 Å². The number of thiophene rings is 1. The summed E-state index contributed by atoms with van der Waals surface area (Å²) in [5.74, 6) is -1.84. The maximum Gasteiger partial charge on any atom is 0.325 e. The Morgan fingerprint density at radius 2 is 1.78 bits per heavy atom. The highest BCUT2D eigenvalue weighted by molar-refractivity contribution is 9.11. The van der Waals surface area contributed by atoms with Crippen molar-refractivity contribution < 1.29 is 23.9 Å². The minimum Gasteiger partial charge on any atom is -0.468 e. The molecular weight excluding hydrogens is 438 g/mol. The lowest BCUT2D eigenvalue weighted by Crippen LogP contribution is -2.32. The third kappa shape index (κ3) is 6.50. The number of nitrogens with one attached hydrogen (secondary N) is 3. The molecule has 0 aliphatic heterocycles. The lowest BCUT2D eigenvalue weighted by molar-refractivity contribution is -0.139. The molecule has 0 saturated heterocycles. The summed E-state index contributed by atoms with van der Waals surface area (Å²) < 4.78 is 5.26. The van der Waals surface area contributed by atoms with Crippen molar-refractivity contribution in [3.8, 4) is 0 Å². The van der Waals surface area contributed by atoms with Crippen LogP contribution in [0, 0.1) is 0 Å². The van der Waals surface area contributed by atoms with Crippen molar-refractivity contribution in [1.29, 1.82) is 0 Å². The van der Waals surface area contributed by atoms with E-state index < -0.39 is 17.8 Å². The number of halogens is 1. The molecule has 10 heteroatoms. The SMILES string of the molecule is COC(=O)CNC(=O)c1cccc(NC(=O)CNC(=O)c2ccc(Br)s2)c1. The van der Waals surface area contributed by atoms with Crippen molar-refractivity contribution >= 4 is 56.6 Å². The second kappa shape index (κ2) is 9.83.